The van der Waals surface area contributed by atoms with Crippen LogP contribution in [0.25, 0.3) is 55.4 Å². The summed E-state index contributed by atoms with van der Waals surface area (Å²) in [6.07, 6.45) is 1.76. The van der Waals surface area contributed by atoms with E-state index in [0.717, 1.165) is 49.9 Å². The molecule has 6 aromatic rings. The summed E-state index contributed by atoms with van der Waals surface area (Å²) in [5, 5.41) is 20.3. The van der Waals surface area contributed by atoms with E-state index in [1.165, 1.54) is 24.3 Å². The summed E-state index contributed by atoms with van der Waals surface area (Å²) < 4.78 is 39.3. The number of rotatable bonds is 8. The standard InChI is InChI=1S/C37H29F2NO4/c1-43-36-18-26(29-14-28-15-30(20-41)31(21-42)17-35(28)40-19-29)16-34(37(36)44-2)27-12-24(22-3-7-32(38)8-4-22)11-25(13-27)23-5-9-33(39)10-6-23/h3-19,41-42H,20-21H2,1-2H3. The van der Waals surface area contributed by atoms with Crippen LogP contribution in [-0.2, 0) is 13.2 Å². The normalized spacial score (nSPS) is 11.1. The molecule has 0 spiro atoms. The van der Waals surface area contributed by atoms with E-state index in [-0.39, 0.29) is 24.8 Å². The van der Waals surface area contributed by atoms with Crippen molar-refractivity contribution in [3.63, 3.8) is 0 Å². The average Bonchev–Trinajstić information content (AvgIpc) is 3.07. The van der Waals surface area contributed by atoms with Crippen LogP contribution in [-0.4, -0.2) is 29.4 Å². The molecule has 0 aliphatic carbocycles. The molecule has 0 aliphatic heterocycles. The molecule has 0 saturated carbocycles. The van der Waals surface area contributed by atoms with Crippen LogP contribution in [0.4, 0.5) is 8.78 Å². The first-order valence-electron chi connectivity index (χ1n) is 14.0. The van der Waals surface area contributed by atoms with Gasteiger partial charge in [-0.15, -0.1) is 0 Å². The van der Waals surface area contributed by atoms with Gasteiger partial charge in [0.2, 0.25) is 0 Å². The molecule has 0 bridgehead atoms. The number of fused-ring (bicyclic) bond motifs is 1. The van der Waals surface area contributed by atoms with Crippen molar-refractivity contribution in [1.82, 2.24) is 4.98 Å². The zero-order valence-corrected chi connectivity index (χ0v) is 24.1. The fourth-order valence-corrected chi connectivity index (χ4v) is 5.47. The maximum atomic E-state index is 13.8. The minimum Gasteiger partial charge on any atom is -0.493 e. The van der Waals surface area contributed by atoms with E-state index in [0.29, 0.717) is 28.1 Å². The molecule has 0 saturated heterocycles. The molecule has 0 aliphatic rings. The van der Waals surface area contributed by atoms with Gasteiger partial charge in [0.05, 0.1) is 33.0 Å². The molecular formula is C37H29F2NO4. The quantitative estimate of drug-likeness (QED) is 0.187. The van der Waals surface area contributed by atoms with Crippen molar-refractivity contribution in [3.8, 4) is 56.0 Å². The molecule has 0 radical (unpaired) electrons. The van der Waals surface area contributed by atoms with E-state index in [1.54, 1.807) is 50.7 Å². The Labute approximate surface area is 253 Å². The Morgan fingerprint density at radius 2 is 1.11 bits per heavy atom. The number of hydrogen-bond acceptors (Lipinski definition) is 5. The fourth-order valence-electron chi connectivity index (χ4n) is 5.47. The van der Waals surface area contributed by atoms with Gasteiger partial charge in [0.25, 0.3) is 0 Å². The molecule has 5 aromatic carbocycles. The summed E-state index contributed by atoms with van der Waals surface area (Å²) >= 11 is 0. The minimum atomic E-state index is -0.328. The lowest BCUT2D eigenvalue weighted by Crippen LogP contribution is -1.97. The van der Waals surface area contributed by atoms with Gasteiger partial charge < -0.3 is 19.7 Å². The van der Waals surface area contributed by atoms with Crippen LogP contribution >= 0.6 is 0 Å². The van der Waals surface area contributed by atoms with E-state index in [1.807, 2.05) is 42.5 Å². The highest BCUT2D eigenvalue weighted by Crippen LogP contribution is 2.44. The summed E-state index contributed by atoms with van der Waals surface area (Å²) in [6, 6.07) is 28.0. The van der Waals surface area contributed by atoms with Crippen molar-refractivity contribution in [2.75, 3.05) is 14.2 Å². The first kappa shape index (κ1) is 29.0. The Morgan fingerprint density at radius 3 is 1.66 bits per heavy atom. The van der Waals surface area contributed by atoms with E-state index in [2.05, 4.69) is 4.98 Å². The third-order valence-electron chi connectivity index (χ3n) is 7.75. The zero-order valence-electron chi connectivity index (χ0n) is 24.1. The molecule has 6 rings (SSSR count). The van der Waals surface area contributed by atoms with Crippen molar-refractivity contribution in [2.24, 2.45) is 0 Å². The van der Waals surface area contributed by atoms with Crippen LogP contribution in [0.3, 0.4) is 0 Å². The predicted octanol–water partition coefficient (Wildman–Crippen LogP) is 8.18. The summed E-state index contributed by atoms with van der Waals surface area (Å²) in [4.78, 5) is 4.64. The van der Waals surface area contributed by atoms with Crippen LogP contribution in [0.2, 0.25) is 0 Å². The molecule has 5 nitrogen and oxygen atoms in total. The lowest BCUT2D eigenvalue weighted by Gasteiger charge is -2.18. The second-order valence-electron chi connectivity index (χ2n) is 10.4. The average molecular weight is 590 g/mol. The van der Waals surface area contributed by atoms with Crippen molar-refractivity contribution in [3.05, 3.63) is 126 Å². The summed E-state index contributed by atoms with van der Waals surface area (Å²) in [6.45, 7) is -0.386. The number of hydrogen-bond donors (Lipinski definition) is 2. The van der Waals surface area contributed by atoms with Gasteiger partial charge in [-0.3, -0.25) is 4.98 Å². The number of nitrogens with zero attached hydrogens (tertiary/aromatic N) is 1. The molecule has 0 unspecified atom stereocenters. The van der Waals surface area contributed by atoms with Crippen molar-refractivity contribution < 1.29 is 28.5 Å². The van der Waals surface area contributed by atoms with Crippen LogP contribution < -0.4 is 9.47 Å². The number of methoxy groups -OCH3 is 2. The fraction of sp³-hybridized carbons (Fsp3) is 0.108. The predicted molar refractivity (Wildman–Crippen MR) is 168 cm³/mol. The maximum Gasteiger partial charge on any atom is 0.168 e. The summed E-state index contributed by atoms with van der Waals surface area (Å²) in [5.74, 6) is 0.389. The van der Waals surface area contributed by atoms with Gasteiger partial charge in [0.15, 0.2) is 11.5 Å². The second-order valence-corrected chi connectivity index (χ2v) is 10.4. The summed E-state index contributed by atoms with van der Waals surface area (Å²) in [7, 11) is 3.16. The van der Waals surface area contributed by atoms with Crippen molar-refractivity contribution >= 4 is 10.9 Å². The van der Waals surface area contributed by atoms with Crippen molar-refractivity contribution in [2.45, 2.75) is 13.2 Å². The molecule has 0 amide bonds. The third-order valence-corrected chi connectivity index (χ3v) is 7.75. The highest BCUT2D eigenvalue weighted by atomic mass is 19.1. The van der Waals surface area contributed by atoms with Gasteiger partial charge in [0, 0.05) is 22.7 Å². The second kappa shape index (κ2) is 12.2. The number of aliphatic hydroxyl groups excluding tert-OH is 2. The Hall–Kier alpha value is -5.11. The number of pyridine rings is 1. The van der Waals surface area contributed by atoms with Gasteiger partial charge in [0.1, 0.15) is 11.6 Å². The molecule has 1 aromatic heterocycles. The first-order valence-corrected chi connectivity index (χ1v) is 14.0. The zero-order chi connectivity index (χ0) is 30.8. The van der Waals surface area contributed by atoms with Gasteiger partial charge in [-0.2, -0.15) is 0 Å². The van der Waals surface area contributed by atoms with Gasteiger partial charge >= 0.3 is 0 Å². The Kier molecular flexibility index (Phi) is 8.07. The SMILES string of the molecule is COc1cc(-c2cnc3cc(CO)c(CO)cc3c2)cc(-c2cc(-c3ccc(F)cc3)cc(-c3ccc(F)cc3)c2)c1OC. The number of halogens is 2. The molecule has 220 valence electrons. The molecule has 7 heteroatoms. The first-order chi connectivity index (χ1) is 21.4. The van der Waals surface area contributed by atoms with Crippen molar-refractivity contribution in [1.29, 1.82) is 0 Å². The molecule has 1 heterocycles. The van der Waals surface area contributed by atoms with E-state index in [4.69, 9.17) is 9.47 Å². The summed E-state index contributed by atoms with van der Waals surface area (Å²) in [5.41, 5.74) is 8.49. The topological polar surface area (TPSA) is 71.8 Å². The van der Waals surface area contributed by atoms with Crippen LogP contribution in [0.1, 0.15) is 11.1 Å². The minimum absolute atomic E-state index is 0.189. The van der Waals surface area contributed by atoms with Gasteiger partial charge in [-0.25, -0.2) is 8.78 Å². The number of aliphatic hydroxyl groups is 2. The lowest BCUT2D eigenvalue weighted by molar-refractivity contribution is 0.260. The smallest absolute Gasteiger partial charge is 0.168 e. The van der Waals surface area contributed by atoms with E-state index in [9.17, 15) is 19.0 Å². The number of aromatic nitrogens is 1. The molecular weight excluding hydrogens is 560 g/mol. The Balaban J connectivity index is 1.56. The Bertz CT molecular complexity index is 1910. The number of ether oxygens (including phenoxy) is 2. The monoisotopic (exact) mass is 589 g/mol. The third kappa shape index (κ3) is 5.63. The molecule has 0 fully saturated rings. The largest absolute Gasteiger partial charge is 0.493 e. The molecule has 2 N–H and O–H groups in total. The lowest BCUT2D eigenvalue weighted by atomic mass is 9.91. The maximum absolute atomic E-state index is 13.8. The Morgan fingerprint density at radius 1 is 0.568 bits per heavy atom. The van der Waals surface area contributed by atoms with Gasteiger partial charge in [-0.1, -0.05) is 24.3 Å². The van der Waals surface area contributed by atoms with Gasteiger partial charge in [-0.05, 0) is 117 Å². The molecule has 44 heavy (non-hydrogen) atoms. The van der Waals surface area contributed by atoms with Crippen LogP contribution in [0.5, 0.6) is 11.5 Å². The van der Waals surface area contributed by atoms with E-state index < -0.39 is 0 Å². The van der Waals surface area contributed by atoms with E-state index >= 15 is 0 Å². The number of benzene rings is 5. The van der Waals surface area contributed by atoms with Crippen LogP contribution in [0, 0.1) is 11.6 Å². The molecule has 0 atom stereocenters. The highest BCUT2D eigenvalue weighted by Gasteiger charge is 2.18. The van der Waals surface area contributed by atoms with Crippen LogP contribution in [0.15, 0.2) is 103 Å². The highest BCUT2D eigenvalue weighted by molar-refractivity contribution is 5.89.